The van der Waals surface area contributed by atoms with Gasteiger partial charge in [0.1, 0.15) is 5.82 Å². The number of hydrogen-bond donors (Lipinski definition) is 1. The van der Waals surface area contributed by atoms with Crippen LogP contribution in [-0.4, -0.2) is 41.3 Å². The summed E-state index contributed by atoms with van der Waals surface area (Å²) in [6.07, 6.45) is 2.82. The summed E-state index contributed by atoms with van der Waals surface area (Å²) in [7, 11) is -2.21. The molecule has 1 amide bonds. The molecule has 7 nitrogen and oxygen atoms in total. The topological polar surface area (TPSA) is 84.3 Å². The predicted molar refractivity (Wildman–Crippen MR) is 115 cm³/mol. The fourth-order valence-electron chi connectivity index (χ4n) is 3.73. The van der Waals surface area contributed by atoms with E-state index < -0.39 is 27.7 Å². The monoisotopic (exact) mass is 462 g/mol. The van der Waals surface area contributed by atoms with Crippen molar-refractivity contribution in [2.24, 2.45) is 13.0 Å². The van der Waals surface area contributed by atoms with Gasteiger partial charge in [-0.1, -0.05) is 29.8 Å². The lowest BCUT2D eigenvalue weighted by molar-refractivity contribution is -0.119. The van der Waals surface area contributed by atoms with Gasteiger partial charge < -0.3 is 9.88 Å². The van der Waals surface area contributed by atoms with Gasteiger partial charge in [0.15, 0.2) is 5.03 Å². The number of nitrogens with zero attached hydrogens (tertiary/aromatic N) is 3. The molecule has 1 aliphatic heterocycles. The molecule has 2 heterocycles. The van der Waals surface area contributed by atoms with Crippen molar-refractivity contribution in [3.05, 3.63) is 77.5 Å². The molecule has 1 aliphatic rings. The number of sulfonamides is 1. The highest BCUT2D eigenvalue weighted by atomic mass is 35.5. The largest absolute Gasteiger partial charge is 0.339 e. The molecule has 4 rings (SSSR count). The maximum Gasteiger partial charge on any atom is 0.262 e. The summed E-state index contributed by atoms with van der Waals surface area (Å²) in [5.41, 5.74) is 1.20. The van der Waals surface area contributed by atoms with Crippen LogP contribution in [0.25, 0.3) is 0 Å². The van der Waals surface area contributed by atoms with E-state index in [1.807, 2.05) is 0 Å². The molecule has 3 aromatic rings. The number of nitrogens with one attached hydrogen (secondary N) is 1. The molecule has 2 aromatic carbocycles. The number of hydrogen-bond acceptors (Lipinski definition) is 4. The number of aromatic nitrogens is 2. The Morgan fingerprint density at radius 1 is 1.19 bits per heavy atom. The molecule has 0 unspecified atom stereocenters. The quantitative estimate of drug-likeness (QED) is 0.630. The van der Waals surface area contributed by atoms with Crippen molar-refractivity contribution >= 4 is 33.2 Å². The molecule has 1 N–H and O–H groups in total. The van der Waals surface area contributed by atoms with E-state index in [0.29, 0.717) is 16.3 Å². The SMILES string of the molecule is Cn1cnc(S(=O)(=O)N2C[C@@H](C(=O)Nc3cccc(Cl)c3)[C@H](c3ccc(F)cc3)C2)c1. The number of aryl methyl sites for hydroxylation is 1. The zero-order valence-electron chi connectivity index (χ0n) is 16.6. The highest BCUT2D eigenvalue weighted by Crippen LogP contribution is 2.36. The van der Waals surface area contributed by atoms with Gasteiger partial charge in [-0.3, -0.25) is 4.79 Å². The van der Waals surface area contributed by atoms with Crippen LogP contribution in [0, 0.1) is 11.7 Å². The number of halogens is 2. The fourth-order valence-corrected chi connectivity index (χ4v) is 5.38. The van der Waals surface area contributed by atoms with Crippen molar-refractivity contribution < 1.29 is 17.6 Å². The number of carbonyl (C=O) groups excluding carboxylic acids is 1. The van der Waals surface area contributed by atoms with Crippen molar-refractivity contribution in [2.75, 3.05) is 18.4 Å². The molecule has 1 aromatic heterocycles. The van der Waals surface area contributed by atoms with E-state index in [-0.39, 0.29) is 24.0 Å². The summed E-state index contributed by atoms with van der Waals surface area (Å²) in [6, 6.07) is 12.5. The third kappa shape index (κ3) is 4.48. The van der Waals surface area contributed by atoms with E-state index in [2.05, 4.69) is 10.3 Å². The summed E-state index contributed by atoms with van der Waals surface area (Å²) in [5.74, 6) is -1.86. The third-order valence-corrected chi connectivity index (χ3v) is 7.25. The summed E-state index contributed by atoms with van der Waals surface area (Å²) >= 11 is 6.00. The molecule has 2 atom stereocenters. The first-order valence-corrected chi connectivity index (χ1v) is 11.4. The number of benzene rings is 2. The first-order chi connectivity index (χ1) is 14.7. The average Bonchev–Trinajstić information content (AvgIpc) is 3.36. The summed E-state index contributed by atoms with van der Waals surface area (Å²) in [4.78, 5) is 17.1. The van der Waals surface area contributed by atoms with Crippen LogP contribution in [0.4, 0.5) is 10.1 Å². The van der Waals surface area contributed by atoms with Crippen LogP contribution in [0.5, 0.6) is 0 Å². The molecule has 0 radical (unpaired) electrons. The predicted octanol–water partition coefficient (Wildman–Crippen LogP) is 3.26. The van der Waals surface area contributed by atoms with Crippen LogP contribution in [0.1, 0.15) is 11.5 Å². The number of rotatable bonds is 5. The Labute approximate surface area is 184 Å². The highest BCUT2D eigenvalue weighted by molar-refractivity contribution is 7.89. The van der Waals surface area contributed by atoms with Gasteiger partial charge in [-0.2, -0.15) is 4.31 Å². The van der Waals surface area contributed by atoms with Gasteiger partial charge in [-0.15, -0.1) is 0 Å². The van der Waals surface area contributed by atoms with E-state index in [9.17, 15) is 17.6 Å². The Morgan fingerprint density at radius 2 is 1.94 bits per heavy atom. The molecule has 1 fully saturated rings. The molecule has 0 aliphatic carbocycles. The van der Waals surface area contributed by atoms with Crippen molar-refractivity contribution in [1.29, 1.82) is 0 Å². The zero-order chi connectivity index (χ0) is 22.2. The fraction of sp³-hybridized carbons (Fsp3) is 0.238. The minimum Gasteiger partial charge on any atom is -0.339 e. The standard InChI is InChI=1S/C21H20ClFN4O3S/c1-26-12-20(24-13-26)31(29,30)27-10-18(14-5-7-16(23)8-6-14)19(11-27)21(28)25-17-4-2-3-15(22)9-17/h2-9,12-13,18-19H,10-11H2,1H3,(H,25,28)/t18-,19+/m0/s1. The Balaban J connectivity index is 1.65. The average molecular weight is 463 g/mol. The summed E-state index contributed by atoms with van der Waals surface area (Å²) in [6.45, 7) is 0.0610. The minimum absolute atomic E-state index is 0.0205. The van der Waals surface area contributed by atoms with Crippen LogP contribution in [-0.2, 0) is 21.9 Å². The van der Waals surface area contributed by atoms with Crippen molar-refractivity contribution in [2.45, 2.75) is 10.9 Å². The van der Waals surface area contributed by atoms with Gasteiger partial charge in [0.25, 0.3) is 10.0 Å². The van der Waals surface area contributed by atoms with Gasteiger partial charge in [-0.25, -0.2) is 17.8 Å². The Kier molecular flexibility index (Phi) is 5.83. The molecule has 0 saturated carbocycles. The summed E-state index contributed by atoms with van der Waals surface area (Å²) in [5, 5.41) is 3.20. The molecule has 1 saturated heterocycles. The number of carbonyl (C=O) groups is 1. The Morgan fingerprint density at radius 3 is 2.58 bits per heavy atom. The van der Waals surface area contributed by atoms with Gasteiger partial charge >= 0.3 is 0 Å². The van der Waals surface area contributed by atoms with E-state index in [1.54, 1.807) is 48.0 Å². The van der Waals surface area contributed by atoms with Crippen LogP contribution in [0.3, 0.4) is 0 Å². The number of imidazole rings is 1. The summed E-state index contributed by atoms with van der Waals surface area (Å²) < 4.78 is 42.4. The lowest BCUT2D eigenvalue weighted by Gasteiger charge is -2.18. The van der Waals surface area contributed by atoms with Crippen LogP contribution < -0.4 is 5.32 Å². The van der Waals surface area contributed by atoms with E-state index in [1.165, 1.54) is 29.0 Å². The molecule has 0 spiro atoms. The van der Waals surface area contributed by atoms with Gasteiger partial charge in [-0.05, 0) is 35.9 Å². The maximum absolute atomic E-state index is 13.4. The van der Waals surface area contributed by atoms with Crippen LogP contribution in [0.15, 0.2) is 66.1 Å². The lowest BCUT2D eigenvalue weighted by atomic mass is 9.88. The second-order valence-corrected chi connectivity index (χ2v) is 9.78. The number of anilines is 1. The zero-order valence-corrected chi connectivity index (χ0v) is 18.1. The van der Waals surface area contributed by atoms with Crippen molar-refractivity contribution in [3.63, 3.8) is 0 Å². The first kappa shape index (κ1) is 21.5. The van der Waals surface area contributed by atoms with E-state index >= 15 is 0 Å². The van der Waals surface area contributed by atoms with Gasteiger partial charge in [0.05, 0.1) is 12.2 Å². The molecular weight excluding hydrogens is 443 g/mol. The molecule has 0 bridgehead atoms. The molecule has 10 heteroatoms. The smallest absolute Gasteiger partial charge is 0.262 e. The van der Waals surface area contributed by atoms with Crippen molar-refractivity contribution in [3.8, 4) is 0 Å². The van der Waals surface area contributed by atoms with E-state index in [0.717, 1.165) is 0 Å². The number of amides is 1. The highest BCUT2D eigenvalue weighted by Gasteiger charge is 2.44. The Hall–Kier alpha value is -2.75. The van der Waals surface area contributed by atoms with Crippen LogP contribution in [0.2, 0.25) is 5.02 Å². The molecule has 31 heavy (non-hydrogen) atoms. The first-order valence-electron chi connectivity index (χ1n) is 9.54. The Bertz CT molecular complexity index is 1210. The van der Waals surface area contributed by atoms with E-state index in [4.69, 9.17) is 11.6 Å². The molecular formula is C21H20ClFN4O3S. The third-order valence-electron chi connectivity index (χ3n) is 5.30. The molecule has 162 valence electrons. The van der Waals surface area contributed by atoms with Gasteiger partial charge in [0.2, 0.25) is 5.91 Å². The van der Waals surface area contributed by atoms with Crippen molar-refractivity contribution in [1.82, 2.24) is 13.9 Å². The second-order valence-electron chi connectivity index (χ2n) is 7.46. The maximum atomic E-state index is 13.4. The lowest BCUT2D eigenvalue weighted by Crippen LogP contribution is -2.32. The van der Waals surface area contributed by atoms with Gasteiger partial charge in [0, 0.05) is 43.0 Å². The second kappa shape index (κ2) is 8.41. The minimum atomic E-state index is -3.89. The van der Waals surface area contributed by atoms with Crippen LogP contribution >= 0.6 is 11.6 Å². The normalized spacial score (nSPS) is 19.5.